The first-order valence-electron chi connectivity index (χ1n) is 5.58. The molecule has 0 aliphatic carbocycles. The lowest BCUT2D eigenvalue weighted by molar-refractivity contribution is 0.416. The highest BCUT2D eigenvalue weighted by Gasteiger charge is 2.11. The summed E-state index contributed by atoms with van der Waals surface area (Å²) in [4.78, 5) is 28.7. The zero-order valence-corrected chi connectivity index (χ0v) is 10.8. The van der Waals surface area contributed by atoms with Crippen LogP contribution in [0.2, 0.25) is 0 Å². The van der Waals surface area contributed by atoms with Crippen LogP contribution in [0, 0.1) is 0 Å². The van der Waals surface area contributed by atoms with Crippen LogP contribution in [0.15, 0.2) is 39.9 Å². The summed E-state index contributed by atoms with van der Waals surface area (Å²) < 4.78 is 5.80. The molecule has 3 aromatic rings. The van der Waals surface area contributed by atoms with Crippen LogP contribution in [-0.4, -0.2) is 17.1 Å². The number of hydrogen-bond donors (Lipinski definition) is 2. The molecule has 2 aromatic heterocycles. The maximum atomic E-state index is 11.7. The SMILES string of the molecule is COc1ccccc1-c1cc2[nH]c(=O)[nH]c(=O)c2s1. The molecule has 6 heteroatoms. The van der Waals surface area contributed by atoms with Crippen molar-refractivity contribution in [2.45, 2.75) is 0 Å². The predicted octanol–water partition coefficient (Wildman–Crippen LogP) is 1.95. The van der Waals surface area contributed by atoms with Crippen molar-refractivity contribution in [3.8, 4) is 16.2 Å². The number of aromatic nitrogens is 2. The van der Waals surface area contributed by atoms with Gasteiger partial charge in [0.1, 0.15) is 10.4 Å². The summed E-state index contributed by atoms with van der Waals surface area (Å²) in [6.07, 6.45) is 0. The van der Waals surface area contributed by atoms with E-state index in [4.69, 9.17) is 4.74 Å². The first-order chi connectivity index (χ1) is 9.19. The molecule has 5 nitrogen and oxygen atoms in total. The Morgan fingerprint density at radius 3 is 2.74 bits per heavy atom. The van der Waals surface area contributed by atoms with Gasteiger partial charge in [0.05, 0.1) is 12.6 Å². The minimum atomic E-state index is -0.498. The molecule has 0 fully saturated rings. The van der Waals surface area contributed by atoms with E-state index in [1.165, 1.54) is 11.3 Å². The number of benzene rings is 1. The Balaban J connectivity index is 2.29. The van der Waals surface area contributed by atoms with E-state index in [-0.39, 0.29) is 5.56 Å². The topological polar surface area (TPSA) is 75.0 Å². The summed E-state index contributed by atoms with van der Waals surface area (Å²) in [5.41, 5.74) is 0.567. The van der Waals surface area contributed by atoms with Crippen molar-refractivity contribution in [2.75, 3.05) is 7.11 Å². The molecule has 0 aliphatic heterocycles. The number of aromatic amines is 2. The molecule has 0 spiro atoms. The summed E-state index contributed by atoms with van der Waals surface area (Å²) in [5, 5.41) is 0. The predicted molar refractivity (Wildman–Crippen MR) is 75.1 cm³/mol. The standard InChI is InChI=1S/C13H10N2O3S/c1-18-9-5-3-2-4-7(9)10-6-8-11(19-10)12(16)15-13(17)14-8/h2-6H,1H3,(H2,14,15,16,17). The number of nitrogens with one attached hydrogen (secondary N) is 2. The number of methoxy groups -OCH3 is 1. The fourth-order valence-corrected chi connectivity index (χ4v) is 2.99. The molecule has 3 rings (SSSR count). The summed E-state index contributed by atoms with van der Waals surface area (Å²) in [7, 11) is 1.60. The van der Waals surface area contributed by atoms with Gasteiger partial charge < -0.3 is 9.72 Å². The molecule has 0 atom stereocenters. The van der Waals surface area contributed by atoms with E-state index < -0.39 is 5.69 Å². The van der Waals surface area contributed by atoms with Crippen LogP contribution in [-0.2, 0) is 0 Å². The van der Waals surface area contributed by atoms with E-state index >= 15 is 0 Å². The second-order valence-electron chi connectivity index (χ2n) is 3.96. The lowest BCUT2D eigenvalue weighted by Gasteiger charge is -2.04. The van der Waals surface area contributed by atoms with E-state index in [1.807, 2.05) is 24.3 Å². The van der Waals surface area contributed by atoms with E-state index in [0.717, 1.165) is 16.2 Å². The maximum Gasteiger partial charge on any atom is 0.326 e. The van der Waals surface area contributed by atoms with Crippen LogP contribution < -0.4 is 16.0 Å². The lowest BCUT2D eigenvalue weighted by atomic mass is 10.1. The molecule has 2 heterocycles. The number of para-hydroxylation sites is 1. The monoisotopic (exact) mass is 274 g/mol. The Labute approximate surface area is 111 Å². The van der Waals surface area contributed by atoms with Crippen molar-refractivity contribution in [1.82, 2.24) is 9.97 Å². The molecule has 0 bridgehead atoms. The van der Waals surface area contributed by atoms with Crippen LogP contribution in [0.1, 0.15) is 0 Å². The molecule has 0 saturated carbocycles. The molecule has 0 aliphatic rings. The third-order valence-corrected chi connectivity index (χ3v) is 3.95. The van der Waals surface area contributed by atoms with Gasteiger partial charge >= 0.3 is 5.69 Å². The highest BCUT2D eigenvalue weighted by Crippen LogP contribution is 2.35. The Morgan fingerprint density at radius 1 is 1.16 bits per heavy atom. The number of thiophene rings is 1. The van der Waals surface area contributed by atoms with Crippen molar-refractivity contribution in [3.05, 3.63) is 51.2 Å². The molecule has 19 heavy (non-hydrogen) atoms. The van der Waals surface area contributed by atoms with Crippen molar-refractivity contribution in [3.63, 3.8) is 0 Å². The first kappa shape index (κ1) is 11.7. The lowest BCUT2D eigenvalue weighted by Crippen LogP contribution is -2.20. The first-order valence-corrected chi connectivity index (χ1v) is 6.40. The Morgan fingerprint density at radius 2 is 1.95 bits per heavy atom. The number of hydrogen-bond acceptors (Lipinski definition) is 4. The maximum absolute atomic E-state index is 11.7. The fourth-order valence-electron chi connectivity index (χ4n) is 1.95. The van der Waals surface area contributed by atoms with Crippen molar-refractivity contribution in [1.29, 1.82) is 0 Å². The molecule has 96 valence electrons. The van der Waals surface area contributed by atoms with Crippen molar-refractivity contribution >= 4 is 21.6 Å². The Bertz CT molecular complexity index is 860. The minimum Gasteiger partial charge on any atom is -0.496 e. The van der Waals surface area contributed by atoms with E-state index in [2.05, 4.69) is 9.97 Å². The van der Waals surface area contributed by atoms with E-state index in [0.29, 0.717) is 10.2 Å². The zero-order chi connectivity index (χ0) is 13.4. The fraction of sp³-hybridized carbons (Fsp3) is 0.0769. The van der Waals surface area contributed by atoms with Gasteiger partial charge in [0.25, 0.3) is 5.56 Å². The van der Waals surface area contributed by atoms with E-state index in [1.54, 1.807) is 13.2 Å². The Kier molecular flexibility index (Phi) is 2.72. The second-order valence-corrected chi connectivity index (χ2v) is 5.01. The summed E-state index contributed by atoms with van der Waals surface area (Å²) in [5.74, 6) is 0.729. The molecular formula is C13H10N2O3S. The highest BCUT2D eigenvalue weighted by atomic mass is 32.1. The molecular weight excluding hydrogens is 264 g/mol. The van der Waals surface area contributed by atoms with Gasteiger partial charge in [-0.05, 0) is 18.2 Å². The third-order valence-electron chi connectivity index (χ3n) is 2.79. The highest BCUT2D eigenvalue weighted by molar-refractivity contribution is 7.22. The quantitative estimate of drug-likeness (QED) is 0.750. The van der Waals surface area contributed by atoms with Gasteiger partial charge in [-0.2, -0.15) is 0 Å². The third kappa shape index (κ3) is 1.96. The summed E-state index contributed by atoms with van der Waals surface area (Å²) >= 11 is 1.32. The van der Waals surface area contributed by atoms with Gasteiger partial charge in [0, 0.05) is 10.4 Å². The van der Waals surface area contributed by atoms with Crippen LogP contribution in [0.3, 0.4) is 0 Å². The van der Waals surface area contributed by atoms with Gasteiger partial charge in [-0.1, -0.05) is 12.1 Å². The van der Waals surface area contributed by atoms with Gasteiger partial charge in [0.15, 0.2) is 0 Å². The zero-order valence-electron chi connectivity index (χ0n) is 10.0. The van der Waals surface area contributed by atoms with E-state index in [9.17, 15) is 9.59 Å². The molecule has 0 amide bonds. The molecule has 0 saturated heterocycles. The largest absolute Gasteiger partial charge is 0.496 e. The summed E-state index contributed by atoms with van der Waals surface area (Å²) in [6, 6.07) is 9.33. The van der Waals surface area contributed by atoms with Gasteiger partial charge in [-0.3, -0.25) is 9.78 Å². The van der Waals surface area contributed by atoms with Crippen LogP contribution in [0.4, 0.5) is 0 Å². The van der Waals surface area contributed by atoms with Gasteiger partial charge in [-0.15, -0.1) is 11.3 Å². The summed E-state index contributed by atoms with van der Waals surface area (Å²) in [6.45, 7) is 0. The minimum absolute atomic E-state index is 0.370. The normalized spacial score (nSPS) is 10.8. The molecule has 0 unspecified atom stereocenters. The number of rotatable bonds is 2. The molecule has 0 radical (unpaired) electrons. The average Bonchev–Trinajstić information content (AvgIpc) is 2.82. The molecule has 1 aromatic carbocycles. The number of H-pyrrole nitrogens is 2. The van der Waals surface area contributed by atoms with Crippen LogP contribution in [0.5, 0.6) is 5.75 Å². The number of fused-ring (bicyclic) bond motifs is 1. The van der Waals surface area contributed by atoms with Gasteiger partial charge in [-0.25, -0.2) is 4.79 Å². The Hall–Kier alpha value is -2.34. The average molecular weight is 274 g/mol. The molecule has 2 N–H and O–H groups in total. The number of ether oxygens (including phenoxy) is 1. The van der Waals surface area contributed by atoms with Crippen LogP contribution in [0.25, 0.3) is 20.7 Å². The van der Waals surface area contributed by atoms with Gasteiger partial charge in [0.2, 0.25) is 0 Å². The van der Waals surface area contributed by atoms with Crippen LogP contribution >= 0.6 is 11.3 Å². The van der Waals surface area contributed by atoms with Crippen molar-refractivity contribution < 1.29 is 4.74 Å². The smallest absolute Gasteiger partial charge is 0.326 e. The second kappa shape index (κ2) is 4.40. The van der Waals surface area contributed by atoms with Crippen molar-refractivity contribution in [2.24, 2.45) is 0 Å².